The van der Waals surface area contributed by atoms with Gasteiger partial charge in [-0.25, -0.2) is 4.79 Å². The van der Waals surface area contributed by atoms with Crippen molar-refractivity contribution in [3.63, 3.8) is 0 Å². The van der Waals surface area contributed by atoms with Gasteiger partial charge in [0.05, 0.1) is 25.2 Å². The molecule has 1 aromatic carbocycles. The predicted octanol–water partition coefficient (Wildman–Crippen LogP) is 1.56. The minimum Gasteiger partial charge on any atom is -0.445 e. The van der Waals surface area contributed by atoms with E-state index in [1.807, 2.05) is 13.8 Å². The lowest BCUT2D eigenvalue weighted by molar-refractivity contribution is -0.139. The molecule has 13 nitrogen and oxygen atoms in total. The number of carbonyl (C=O) groups excluding carboxylic acids is 6. The Morgan fingerprint density at radius 3 is 2.14 bits per heavy atom. The van der Waals surface area contributed by atoms with E-state index >= 15 is 0 Å². The molecular formula is C29H45N5O8. The standard InChI is InChI=1S/C29H45N5O8/c1-8-20(4)27(23(41-7)13-14-35)33(5)25(38)16-31-28(39)26(19(2)3)34(6)29(40)42-17-21-9-11-22(12-10-21)32-24(37)15-30-18-36/h9-12,14,18-20,23,26-27H,8,13,15-17H2,1-7H3,(H,30,36)(H,31,39)(H,32,37). The second kappa shape index (κ2) is 18.4. The number of ether oxygens (including phenoxy) is 2. The Morgan fingerprint density at radius 2 is 1.62 bits per heavy atom. The molecule has 0 heterocycles. The molecule has 42 heavy (non-hydrogen) atoms. The van der Waals surface area contributed by atoms with Crippen molar-refractivity contribution in [3.8, 4) is 0 Å². The number of methoxy groups -OCH3 is 1. The second-order valence-electron chi connectivity index (χ2n) is 10.4. The summed E-state index contributed by atoms with van der Waals surface area (Å²) in [4.78, 5) is 74.8. The molecule has 13 heteroatoms. The van der Waals surface area contributed by atoms with E-state index in [0.717, 1.165) is 12.7 Å². The molecule has 0 saturated carbocycles. The molecule has 0 spiro atoms. The highest BCUT2D eigenvalue weighted by Gasteiger charge is 2.34. The van der Waals surface area contributed by atoms with E-state index in [1.54, 1.807) is 45.2 Å². The molecule has 4 unspecified atom stereocenters. The number of rotatable bonds is 18. The van der Waals surface area contributed by atoms with E-state index < -0.39 is 24.1 Å². The number of hydrogen-bond acceptors (Lipinski definition) is 8. The highest BCUT2D eigenvalue weighted by Crippen LogP contribution is 2.21. The topological polar surface area (TPSA) is 163 Å². The zero-order valence-corrected chi connectivity index (χ0v) is 25.5. The molecule has 0 bridgehead atoms. The van der Waals surface area contributed by atoms with E-state index in [1.165, 1.54) is 24.0 Å². The van der Waals surface area contributed by atoms with Crippen molar-refractivity contribution in [2.45, 2.75) is 65.3 Å². The Bertz CT molecular complexity index is 1050. The molecule has 0 aromatic heterocycles. The summed E-state index contributed by atoms with van der Waals surface area (Å²) in [5.74, 6) is -1.49. The van der Waals surface area contributed by atoms with Crippen LogP contribution in [0, 0.1) is 11.8 Å². The molecule has 0 aliphatic heterocycles. The molecule has 0 aliphatic carbocycles. The van der Waals surface area contributed by atoms with Crippen molar-refractivity contribution in [2.75, 3.05) is 39.6 Å². The Labute approximate surface area is 247 Å². The van der Waals surface area contributed by atoms with Crippen molar-refractivity contribution in [1.82, 2.24) is 20.4 Å². The number of aldehydes is 1. The molecule has 1 aromatic rings. The van der Waals surface area contributed by atoms with Gasteiger partial charge in [-0.2, -0.15) is 0 Å². The van der Waals surface area contributed by atoms with Crippen molar-refractivity contribution >= 4 is 42.2 Å². The minimum absolute atomic E-state index is 0.0459. The third-order valence-electron chi connectivity index (χ3n) is 7.04. The van der Waals surface area contributed by atoms with Crippen LogP contribution in [0.25, 0.3) is 0 Å². The fraction of sp³-hybridized carbons (Fsp3) is 0.586. The first-order chi connectivity index (χ1) is 19.9. The fourth-order valence-electron chi connectivity index (χ4n) is 4.58. The molecule has 234 valence electrons. The summed E-state index contributed by atoms with van der Waals surface area (Å²) in [5.41, 5.74) is 1.16. The minimum atomic E-state index is -0.902. The van der Waals surface area contributed by atoms with Crippen molar-refractivity contribution in [1.29, 1.82) is 0 Å². The van der Waals surface area contributed by atoms with Crippen molar-refractivity contribution in [2.24, 2.45) is 11.8 Å². The number of nitrogens with one attached hydrogen (secondary N) is 3. The lowest BCUT2D eigenvalue weighted by Crippen LogP contribution is -2.54. The van der Waals surface area contributed by atoms with Crippen LogP contribution in [0.1, 0.15) is 46.1 Å². The van der Waals surface area contributed by atoms with Gasteiger partial charge >= 0.3 is 6.09 Å². The first-order valence-corrected chi connectivity index (χ1v) is 13.9. The van der Waals surface area contributed by atoms with Crippen LogP contribution in [0.15, 0.2) is 24.3 Å². The molecule has 0 radical (unpaired) electrons. The Hall–Kier alpha value is -4.00. The Balaban J connectivity index is 2.78. The van der Waals surface area contributed by atoms with Gasteiger partial charge in [0.25, 0.3) is 0 Å². The molecule has 0 aliphatic rings. The van der Waals surface area contributed by atoms with E-state index in [-0.39, 0.29) is 55.8 Å². The normalized spacial score (nSPS) is 13.6. The third kappa shape index (κ3) is 11.1. The van der Waals surface area contributed by atoms with Crippen LogP contribution in [0.5, 0.6) is 0 Å². The lowest BCUT2D eigenvalue weighted by Gasteiger charge is -2.37. The Kier molecular flexibility index (Phi) is 15.8. The van der Waals surface area contributed by atoms with Gasteiger partial charge in [-0.15, -0.1) is 0 Å². The number of anilines is 1. The van der Waals surface area contributed by atoms with Crippen LogP contribution in [0.4, 0.5) is 10.5 Å². The molecule has 3 N–H and O–H groups in total. The van der Waals surface area contributed by atoms with Gasteiger partial charge in [0.2, 0.25) is 24.1 Å². The van der Waals surface area contributed by atoms with Crippen LogP contribution in [-0.2, 0) is 40.1 Å². The molecule has 4 atom stereocenters. The molecule has 1 rings (SSSR count). The van der Waals surface area contributed by atoms with Gasteiger partial charge in [-0.05, 0) is 29.5 Å². The largest absolute Gasteiger partial charge is 0.445 e. The van der Waals surface area contributed by atoms with Gasteiger partial charge in [0, 0.05) is 33.3 Å². The molecular weight excluding hydrogens is 546 g/mol. The third-order valence-corrected chi connectivity index (χ3v) is 7.04. The summed E-state index contributed by atoms with van der Waals surface area (Å²) >= 11 is 0. The van der Waals surface area contributed by atoms with Gasteiger partial charge in [0.1, 0.15) is 18.9 Å². The molecule has 0 saturated heterocycles. The van der Waals surface area contributed by atoms with Gasteiger partial charge in [-0.1, -0.05) is 46.2 Å². The number of likely N-dealkylation sites (N-methyl/N-ethyl adjacent to an activating group) is 2. The molecule has 0 fully saturated rings. The van der Waals surface area contributed by atoms with E-state index in [9.17, 15) is 28.8 Å². The summed E-state index contributed by atoms with van der Waals surface area (Å²) in [7, 11) is 4.57. The summed E-state index contributed by atoms with van der Waals surface area (Å²) < 4.78 is 10.9. The van der Waals surface area contributed by atoms with Gasteiger partial charge < -0.3 is 35.1 Å². The van der Waals surface area contributed by atoms with Crippen LogP contribution in [-0.4, -0.2) is 98.8 Å². The van der Waals surface area contributed by atoms with Gasteiger partial charge in [-0.3, -0.25) is 24.1 Å². The summed E-state index contributed by atoms with van der Waals surface area (Å²) in [6.07, 6.45) is 0.887. The summed E-state index contributed by atoms with van der Waals surface area (Å²) in [6, 6.07) is 5.33. The average molecular weight is 592 g/mol. The van der Waals surface area contributed by atoms with Crippen molar-refractivity contribution in [3.05, 3.63) is 29.8 Å². The zero-order chi connectivity index (χ0) is 31.8. The van der Waals surface area contributed by atoms with E-state index in [2.05, 4.69) is 16.0 Å². The summed E-state index contributed by atoms with van der Waals surface area (Å²) in [6.45, 7) is 7.00. The van der Waals surface area contributed by atoms with Gasteiger partial charge in [0.15, 0.2) is 0 Å². The highest BCUT2D eigenvalue weighted by molar-refractivity contribution is 5.93. The number of carbonyl (C=O) groups is 6. The van der Waals surface area contributed by atoms with Crippen LogP contribution in [0.3, 0.4) is 0 Å². The maximum Gasteiger partial charge on any atom is 0.410 e. The lowest BCUT2D eigenvalue weighted by atomic mass is 9.91. The smallest absolute Gasteiger partial charge is 0.410 e. The molecule has 5 amide bonds. The van der Waals surface area contributed by atoms with Crippen LogP contribution in [0.2, 0.25) is 0 Å². The second-order valence-corrected chi connectivity index (χ2v) is 10.4. The predicted molar refractivity (Wildman–Crippen MR) is 156 cm³/mol. The zero-order valence-electron chi connectivity index (χ0n) is 25.5. The monoisotopic (exact) mass is 591 g/mol. The maximum absolute atomic E-state index is 13.1. The van der Waals surface area contributed by atoms with Crippen LogP contribution < -0.4 is 16.0 Å². The SMILES string of the molecule is CCC(C)C(C(CC=O)OC)N(C)C(=O)CNC(=O)C(C(C)C)N(C)C(=O)OCc1ccc(NC(=O)CNC=O)cc1. The number of benzene rings is 1. The van der Waals surface area contributed by atoms with Crippen LogP contribution >= 0.6 is 0 Å². The number of amides is 5. The average Bonchev–Trinajstić information content (AvgIpc) is 2.97. The first kappa shape index (κ1) is 36.0. The van der Waals surface area contributed by atoms with E-state index in [0.29, 0.717) is 17.7 Å². The maximum atomic E-state index is 13.1. The fourth-order valence-corrected chi connectivity index (χ4v) is 4.58. The highest BCUT2D eigenvalue weighted by atomic mass is 16.6. The quantitative estimate of drug-likeness (QED) is 0.217. The van der Waals surface area contributed by atoms with Crippen molar-refractivity contribution < 1.29 is 38.2 Å². The summed E-state index contributed by atoms with van der Waals surface area (Å²) in [5, 5.41) is 7.53. The number of nitrogens with zero attached hydrogens (tertiary/aromatic N) is 2. The number of hydrogen-bond donors (Lipinski definition) is 3. The van der Waals surface area contributed by atoms with E-state index in [4.69, 9.17) is 9.47 Å². The first-order valence-electron chi connectivity index (χ1n) is 13.9. The Morgan fingerprint density at radius 1 is 0.976 bits per heavy atom.